The lowest BCUT2D eigenvalue weighted by Crippen LogP contribution is -2.41. The number of nitrogens with one attached hydrogen (secondary N) is 1. The summed E-state index contributed by atoms with van der Waals surface area (Å²) in [7, 11) is -2.05. The first-order valence-corrected chi connectivity index (χ1v) is 8.56. The zero-order valence-electron chi connectivity index (χ0n) is 12.5. The van der Waals surface area contributed by atoms with Crippen molar-refractivity contribution in [2.45, 2.75) is 30.8 Å². The van der Waals surface area contributed by atoms with E-state index in [0.29, 0.717) is 12.2 Å². The van der Waals surface area contributed by atoms with Crippen LogP contribution >= 0.6 is 0 Å². The van der Waals surface area contributed by atoms with Crippen LogP contribution in [0.25, 0.3) is 0 Å². The van der Waals surface area contributed by atoms with Crippen LogP contribution in [-0.2, 0) is 10.0 Å². The van der Waals surface area contributed by atoms with E-state index in [1.807, 2.05) is 0 Å². The zero-order chi connectivity index (χ0) is 15.5. The molecule has 2 heterocycles. The van der Waals surface area contributed by atoms with Crippen molar-refractivity contribution in [3.05, 3.63) is 18.3 Å². The molecule has 8 heteroatoms. The highest BCUT2D eigenvalue weighted by Gasteiger charge is 2.31. The number of likely N-dealkylation sites (N-methyl/N-ethyl adjacent to an activating group) is 2. The highest BCUT2D eigenvalue weighted by atomic mass is 32.2. The van der Waals surface area contributed by atoms with Gasteiger partial charge in [0.05, 0.1) is 5.69 Å². The molecule has 1 saturated heterocycles. The van der Waals surface area contributed by atoms with E-state index < -0.39 is 10.0 Å². The normalized spacial score (nSPS) is 20.1. The topological polar surface area (TPSA) is 91.6 Å². The summed E-state index contributed by atoms with van der Waals surface area (Å²) in [4.78, 5) is 6.28. The molecule has 0 amide bonds. The summed E-state index contributed by atoms with van der Waals surface area (Å²) < 4.78 is 26.7. The summed E-state index contributed by atoms with van der Waals surface area (Å²) in [6.45, 7) is 4.55. The third-order valence-electron chi connectivity index (χ3n) is 3.95. The number of pyridine rings is 1. The lowest BCUT2D eigenvalue weighted by molar-refractivity contribution is 0.237. The molecule has 1 aromatic heterocycles. The Balaban J connectivity index is 2.19. The van der Waals surface area contributed by atoms with Crippen molar-refractivity contribution in [1.29, 1.82) is 0 Å². The maximum Gasteiger partial charge on any atom is 0.262 e. The molecule has 1 aliphatic heterocycles. The summed E-state index contributed by atoms with van der Waals surface area (Å²) in [5.41, 5.74) is 2.70. The van der Waals surface area contributed by atoms with Gasteiger partial charge in [0.1, 0.15) is 0 Å². The molecule has 3 N–H and O–H groups in total. The molecule has 0 saturated carbocycles. The maximum absolute atomic E-state index is 12.6. The van der Waals surface area contributed by atoms with Crippen LogP contribution in [0.5, 0.6) is 0 Å². The Morgan fingerprint density at radius 2 is 2.33 bits per heavy atom. The number of sulfonamides is 1. The molecule has 1 aromatic rings. The van der Waals surface area contributed by atoms with Crippen LogP contribution in [0.15, 0.2) is 23.4 Å². The Kier molecular flexibility index (Phi) is 5.15. The largest absolute Gasteiger partial charge is 0.321 e. The van der Waals surface area contributed by atoms with Gasteiger partial charge in [-0.2, -0.15) is 4.31 Å². The minimum atomic E-state index is -3.65. The Morgan fingerprint density at radius 1 is 1.57 bits per heavy atom. The van der Waals surface area contributed by atoms with Gasteiger partial charge in [0.15, 0.2) is 5.03 Å². The van der Waals surface area contributed by atoms with Crippen LogP contribution < -0.4 is 11.3 Å². The minimum absolute atomic E-state index is 0.0314. The van der Waals surface area contributed by atoms with E-state index in [2.05, 4.69) is 22.2 Å². The Labute approximate surface area is 126 Å². The van der Waals surface area contributed by atoms with Crippen LogP contribution in [0.1, 0.15) is 19.8 Å². The standard InChI is InChI=1S/C13H23N5O2S/c1-3-18-9-5-6-11(18)10-17(2)21(19,20)13-12(16-14)7-4-8-15-13/h4,7-8,11,16H,3,5-6,9-10,14H2,1-2H3. The molecule has 21 heavy (non-hydrogen) atoms. The summed E-state index contributed by atoms with van der Waals surface area (Å²) in [5, 5.41) is -0.0314. The number of nitrogens with zero attached hydrogens (tertiary/aromatic N) is 3. The molecule has 1 aliphatic rings. The van der Waals surface area contributed by atoms with Gasteiger partial charge in [-0.05, 0) is 38.1 Å². The van der Waals surface area contributed by atoms with Gasteiger partial charge < -0.3 is 5.43 Å². The van der Waals surface area contributed by atoms with Crippen molar-refractivity contribution in [2.75, 3.05) is 32.1 Å². The van der Waals surface area contributed by atoms with E-state index in [1.165, 1.54) is 10.5 Å². The van der Waals surface area contributed by atoms with Gasteiger partial charge in [0.2, 0.25) is 0 Å². The predicted molar refractivity (Wildman–Crippen MR) is 82.1 cm³/mol. The van der Waals surface area contributed by atoms with E-state index in [0.717, 1.165) is 25.9 Å². The van der Waals surface area contributed by atoms with E-state index in [9.17, 15) is 8.42 Å². The number of nitrogen functional groups attached to an aromatic ring is 1. The van der Waals surface area contributed by atoms with Crippen molar-refractivity contribution in [2.24, 2.45) is 5.84 Å². The lowest BCUT2D eigenvalue weighted by Gasteiger charge is -2.27. The van der Waals surface area contributed by atoms with Gasteiger partial charge in [-0.3, -0.25) is 10.7 Å². The van der Waals surface area contributed by atoms with Gasteiger partial charge >= 0.3 is 0 Å². The molecule has 0 radical (unpaired) electrons. The molecule has 118 valence electrons. The molecule has 2 rings (SSSR count). The fourth-order valence-corrected chi connectivity index (χ4v) is 4.03. The third-order valence-corrected chi connectivity index (χ3v) is 5.74. The molecular weight excluding hydrogens is 290 g/mol. The average molecular weight is 313 g/mol. The molecule has 0 aliphatic carbocycles. The monoisotopic (exact) mass is 313 g/mol. The van der Waals surface area contributed by atoms with Crippen molar-refractivity contribution in [3.63, 3.8) is 0 Å². The number of rotatable bonds is 6. The van der Waals surface area contributed by atoms with Crippen molar-refractivity contribution < 1.29 is 8.42 Å². The first-order valence-electron chi connectivity index (χ1n) is 7.12. The summed E-state index contributed by atoms with van der Waals surface area (Å²) in [6.07, 6.45) is 3.60. The molecule has 0 spiro atoms. The Bertz CT molecular complexity index is 578. The van der Waals surface area contributed by atoms with Crippen LogP contribution in [0.2, 0.25) is 0 Å². The number of nitrogens with two attached hydrogens (primary N) is 1. The van der Waals surface area contributed by atoms with Crippen LogP contribution in [-0.4, -0.2) is 55.3 Å². The highest BCUT2D eigenvalue weighted by molar-refractivity contribution is 7.89. The fraction of sp³-hybridized carbons (Fsp3) is 0.615. The lowest BCUT2D eigenvalue weighted by atomic mass is 10.2. The van der Waals surface area contributed by atoms with E-state index in [-0.39, 0.29) is 11.1 Å². The van der Waals surface area contributed by atoms with Gasteiger partial charge in [-0.15, -0.1) is 0 Å². The quantitative estimate of drug-likeness (QED) is 0.586. The number of anilines is 1. The van der Waals surface area contributed by atoms with Crippen molar-refractivity contribution in [3.8, 4) is 0 Å². The molecule has 0 aromatic carbocycles. The Morgan fingerprint density at radius 3 is 3.00 bits per heavy atom. The maximum atomic E-state index is 12.6. The van der Waals surface area contributed by atoms with E-state index >= 15 is 0 Å². The second kappa shape index (κ2) is 6.69. The number of aromatic nitrogens is 1. The average Bonchev–Trinajstić information content (AvgIpc) is 2.94. The van der Waals surface area contributed by atoms with Crippen molar-refractivity contribution >= 4 is 15.7 Å². The Hall–Kier alpha value is -1.22. The molecule has 1 unspecified atom stereocenters. The van der Waals surface area contributed by atoms with Crippen LogP contribution in [0.4, 0.5) is 5.69 Å². The van der Waals surface area contributed by atoms with Gasteiger partial charge in [-0.1, -0.05) is 6.92 Å². The van der Waals surface area contributed by atoms with E-state index in [1.54, 1.807) is 19.2 Å². The summed E-state index contributed by atoms with van der Waals surface area (Å²) in [5.74, 6) is 5.37. The molecule has 1 fully saturated rings. The predicted octanol–water partition coefficient (Wildman–Crippen LogP) is 0.472. The van der Waals surface area contributed by atoms with Gasteiger partial charge in [0, 0.05) is 25.8 Å². The van der Waals surface area contributed by atoms with Gasteiger partial charge in [-0.25, -0.2) is 13.4 Å². The fourth-order valence-electron chi connectivity index (χ4n) is 2.77. The first-order chi connectivity index (χ1) is 10.0. The number of likely N-dealkylation sites (tertiary alicyclic amines) is 1. The smallest absolute Gasteiger partial charge is 0.262 e. The molecule has 1 atom stereocenters. The highest BCUT2D eigenvalue weighted by Crippen LogP contribution is 2.23. The number of hydrogen-bond acceptors (Lipinski definition) is 6. The zero-order valence-corrected chi connectivity index (χ0v) is 13.3. The number of hydrazine groups is 1. The molecule has 7 nitrogen and oxygen atoms in total. The third kappa shape index (κ3) is 3.34. The van der Waals surface area contributed by atoms with E-state index in [4.69, 9.17) is 5.84 Å². The first kappa shape index (κ1) is 16.2. The van der Waals surface area contributed by atoms with Gasteiger partial charge in [0.25, 0.3) is 10.0 Å². The second-order valence-electron chi connectivity index (χ2n) is 5.21. The molecule has 0 bridgehead atoms. The SMILES string of the molecule is CCN1CCCC1CN(C)S(=O)(=O)c1ncccc1NN. The summed E-state index contributed by atoms with van der Waals surface area (Å²) in [6, 6.07) is 3.51. The molecular formula is C13H23N5O2S. The second-order valence-corrected chi connectivity index (χ2v) is 7.17. The summed E-state index contributed by atoms with van der Waals surface area (Å²) >= 11 is 0. The van der Waals surface area contributed by atoms with Crippen LogP contribution in [0.3, 0.4) is 0 Å². The van der Waals surface area contributed by atoms with Crippen LogP contribution in [0, 0.1) is 0 Å². The van der Waals surface area contributed by atoms with Crippen molar-refractivity contribution in [1.82, 2.24) is 14.2 Å². The number of hydrogen-bond donors (Lipinski definition) is 2. The minimum Gasteiger partial charge on any atom is -0.321 e.